The van der Waals surface area contributed by atoms with E-state index < -0.39 is 18.0 Å². The van der Waals surface area contributed by atoms with E-state index in [4.69, 9.17) is 0 Å². The third kappa shape index (κ3) is 3.37. The number of halogens is 4. The van der Waals surface area contributed by atoms with Gasteiger partial charge in [0.25, 0.3) is 0 Å². The molecule has 0 bridgehead atoms. The number of hydrogen-bond acceptors (Lipinski definition) is 2. The van der Waals surface area contributed by atoms with Crippen LogP contribution in [0.3, 0.4) is 0 Å². The molecular weight excluding hydrogens is 317 g/mol. The molecule has 3 aliphatic rings. The predicted molar refractivity (Wildman–Crippen MR) is 79.9 cm³/mol. The summed E-state index contributed by atoms with van der Waals surface area (Å²) >= 11 is 0. The summed E-state index contributed by atoms with van der Waals surface area (Å²) in [5.74, 6) is -2.53. The molecule has 3 nitrogen and oxygen atoms in total. The third-order valence-electron chi connectivity index (χ3n) is 5.59. The van der Waals surface area contributed by atoms with Gasteiger partial charge in [0.2, 0.25) is 5.91 Å². The van der Waals surface area contributed by atoms with Crippen LogP contribution in [0, 0.1) is 17.3 Å². The van der Waals surface area contributed by atoms with Crippen LogP contribution >= 0.6 is 12.4 Å². The number of alkyl halides is 3. The summed E-state index contributed by atoms with van der Waals surface area (Å²) in [5.41, 5.74) is 0.123. The van der Waals surface area contributed by atoms with E-state index in [2.05, 4.69) is 5.32 Å². The average molecular weight is 341 g/mol. The average Bonchev–Trinajstić information content (AvgIpc) is 3.08. The van der Waals surface area contributed by atoms with E-state index in [-0.39, 0.29) is 30.2 Å². The molecule has 1 aliphatic carbocycles. The highest BCUT2D eigenvalue weighted by Gasteiger charge is 2.50. The van der Waals surface area contributed by atoms with E-state index in [1.807, 2.05) is 0 Å². The number of nitrogens with one attached hydrogen (secondary N) is 1. The zero-order valence-corrected chi connectivity index (χ0v) is 13.4. The number of rotatable bonds is 1. The highest BCUT2D eigenvalue weighted by molar-refractivity contribution is 5.85. The van der Waals surface area contributed by atoms with E-state index in [1.165, 1.54) is 0 Å². The SMILES string of the molecule is Cl.O=C(C1CCCCC1C(F)(F)F)N1CCC2(CCNC2)C1. The Balaban J connectivity index is 0.00000176. The normalized spacial score (nSPS) is 35.7. The van der Waals surface area contributed by atoms with Gasteiger partial charge in [0, 0.05) is 31.0 Å². The maximum absolute atomic E-state index is 13.2. The molecule has 3 fully saturated rings. The molecule has 3 atom stereocenters. The summed E-state index contributed by atoms with van der Waals surface area (Å²) in [7, 11) is 0. The lowest BCUT2D eigenvalue weighted by atomic mass is 9.78. The number of carbonyl (C=O) groups excluding carboxylic acids is 1. The van der Waals surface area contributed by atoms with Crippen LogP contribution in [0.4, 0.5) is 13.2 Å². The Hall–Kier alpha value is -0.490. The molecule has 2 saturated heterocycles. The maximum Gasteiger partial charge on any atom is 0.392 e. The first-order valence-electron chi connectivity index (χ1n) is 7.98. The molecule has 1 saturated carbocycles. The topological polar surface area (TPSA) is 32.3 Å². The molecule has 1 amide bonds. The van der Waals surface area contributed by atoms with Crippen molar-refractivity contribution >= 4 is 18.3 Å². The summed E-state index contributed by atoms with van der Waals surface area (Å²) in [5, 5.41) is 3.31. The molecule has 22 heavy (non-hydrogen) atoms. The van der Waals surface area contributed by atoms with Gasteiger partial charge in [-0.2, -0.15) is 13.2 Å². The molecule has 2 aliphatic heterocycles. The highest BCUT2D eigenvalue weighted by Crippen LogP contribution is 2.44. The smallest absolute Gasteiger partial charge is 0.342 e. The number of likely N-dealkylation sites (tertiary alicyclic amines) is 1. The summed E-state index contributed by atoms with van der Waals surface area (Å²) in [6.07, 6.45) is -0.455. The van der Waals surface area contributed by atoms with Crippen molar-refractivity contribution in [1.82, 2.24) is 10.2 Å². The molecule has 3 rings (SSSR count). The summed E-state index contributed by atoms with van der Waals surface area (Å²) in [4.78, 5) is 14.3. The fourth-order valence-corrected chi connectivity index (χ4v) is 4.32. The fraction of sp³-hybridized carbons (Fsp3) is 0.933. The lowest BCUT2D eigenvalue weighted by molar-refractivity contribution is -0.200. The Kier molecular flexibility index (Phi) is 5.32. The molecule has 0 radical (unpaired) electrons. The quantitative estimate of drug-likeness (QED) is 0.796. The zero-order valence-electron chi connectivity index (χ0n) is 12.6. The van der Waals surface area contributed by atoms with Gasteiger partial charge in [0.15, 0.2) is 0 Å². The van der Waals surface area contributed by atoms with E-state index >= 15 is 0 Å². The minimum Gasteiger partial charge on any atom is -0.342 e. The minimum absolute atomic E-state index is 0. The number of nitrogens with zero attached hydrogens (tertiary/aromatic N) is 1. The van der Waals surface area contributed by atoms with Crippen molar-refractivity contribution in [2.45, 2.75) is 44.7 Å². The van der Waals surface area contributed by atoms with Crippen molar-refractivity contribution in [2.24, 2.45) is 17.3 Å². The lowest BCUT2D eigenvalue weighted by Gasteiger charge is -2.35. The summed E-state index contributed by atoms with van der Waals surface area (Å²) in [6.45, 7) is 3.11. The van der Waals surface area contributed by atoms with Crippen LogP contribution in [-0.4, -0.2) is 43.2 Å². The Morgan fingerprint density at radius 3 is 2.55 bits per heavy atom. The summed E-state index contributed by atoms with van der Waals surface area (Å²) < 4.78 is 39.5. The first-order chi connectivity index (χ1) is 9.91. The van der Waals surface area contributed by atoms with Crippen LogP contribution in [0.5, 0.6) is 0 Å². The zero-order chi connectivity index (χ0) is 15.1. The van der Waals surface area contributed by atoms with Crippen LogP contribution in [0.15, 0.2) is 0 Å². The molecule has 0 aromatic heterocycles. The molecule has 0 aromatic carbocycles. The molecule has 3 unspecified atom stereocenters. The summed E-state index contributed by atoms with van der Waals surface area (Å²) in [6, 6.07) is 0. The largest absolute Gasteiger partial charge is 0.392 e. The van der Waals surface area contributed by atoms with Crippen molar-refractivity contribution in [3.05, 3.63) is 0 Å². The maximum atomic E-state index is 13.2. The molecular formula is C15H24ClF3N2O. The van der Waals surface area contributed by atoms with Gasteiger partial charge in [0.1, 0.15) is 0 Å². The van der Waals surface area contributed by atoms with Crippen LogP contribution in [0.25, 0.3) is 0 Å². The van der Waals surface area contributed by atoms with Gasteiger partial charge in [0.05, 0.1) is 5.92 Å². The Labute approximate surface area is 135 Å². The van der Waals surface area contributed by atoms with Crippen molar-refractivity contribution in [2.75, 3.05) is 26.2 Å². The van der Waals surface area contributed by atoms with Gasteiger partial charge >= 0.3 is 6.18 Å². The van der Waals surface area contributed by atoms with Crippen LogP contribution in [0.1, 0.15) is 38.5 Å². The molecule has 1 spiro atoms. The van der Waals surface area contributed by atoms with Gasteiger partial charge < -0.3 is 10.2 Å². The van der Waals surface area contributed by atoms with Gasteiger partial charge in [-0.1, -0.05) is 12.8 Å². The first-order valence-corrected chi connectivity index (χ1v) is 7.98. The number of carbonyl (C=O) groups is 1. The molecule has 128 valence electrons. The Bertz CT molecular complexity index is 410. The molecule has 0 aromatic rings. The second kappa shape index (κ2) is 6.56. The Morgan fingerprint density at radius 1 is 1.18 bits per heavy atom. The van der Waals surface area contributed by atoms with E-state index in [0.717, 1.165) is 32.4 Å². The van der Waals surface area contributed by atoms with Crippen molar-refractivity contribution in [3.8, 4) is 0 Å². The standard InChI is InChI=1S/C15H23F3N2O.ClH/c16-15(17,18)12-4-2-1-3-11(12)13(21)20-8-6-14(10-20)5-7-19-9-14;/h11-12,19H,1-10H2;1H. The molecule has 2 heterocycles. The van der Waals surface area contributed by atoms with E-state index in [1.54, 1.807) is 4.90 Å². The second-order valence-electron chi connectivity index (χ2n) is 6.98. The van der Waals surface area contributed by atoms with Crippen molar-refractivity contribution < 1.29 is 18.0 Å². The van der Waals surface area contributed by atoms with E-state index in [0.29, 0.717) is 25.9 Å². The number of hydrogen-bond donors (Lipinski definition) is 1. The van der Waals surface area contributed by atoms with Crippen LogP contribution in [0.2, 0.25) is 0 Å². The van der Waals surface area contributed by atoms with Crippen molar-refractivity contribution in [1.29, 1.82) is 0 Å². The monoisotopic (exact) mass is 340 g/mol. The van der Waals surface area contributed by atoms with Crippen molar-refractivity contribution in [3.63, 3.8) is 0 Å². The van der Waals surface area contributed by atoms with Crippen LogP contribution in [-0.2, 0) is 4.79 Å². The lowest BCUT2D eigenvalue weighted by Crippen LogP contribution is -2.44. The second-order valence-corrected chi connectivity index (χ2v) is 6.98. The Morgan fingerprint density at radius 2 is 1.91 bits per heavy atom. The fourth-order valence-electron chi connectivity index (χ4n) is 4.32. The van der Waals surface area contributed by atoms with Gasteiger partial charge in [-0.15, -0.1) is 12.4 Å². The predicted octanol–water partition coefficient (Wildman–Crippen LogP) is 2.99. The van der Waals surface area contributed by atoms with Gasteiger partial charge in [-0.3, -0.25) is 4.79 Å². The molecule has 1 N–H and O–H groups in total. The highest BCUT2D eigenvalue weighted by atomic mass is 35.5. The van der Waals surface area contributed by atoms with Crippen LogP contribution < -0.4 is 5.32 Å². The van der Waals surface area contributed by atoms with E-state index in [9.17, 15) is 18.0 Å². The minimum atomic E-state index is -4.24. The molecule has 7 heteroatoms. The number of amides is 1. The first kappa shape index (κ1) is 17.9. The third-order valence-corrected chi connectivity index (χ3v) is 5.59. The van der Waals surface area contributed by atoms with Gasteiger partial charge in [-0.05, 0) is 32.2 Å². The van der Waals surface area contributed by atoms with Gasteiger partial charge in [-0.25, -0.2) is 0 Å².